The molecule has 9 heavy (non-hydrogen) atoms. The molecule has 0 spiro atoms. The molecule has 0 aromatic rings. The molecule has 0 aliphatic heterocycles. The summed E-state index contributed by atoms with van der Waals surface area (Å²) in [5.74, 6) is 0. The van der Waals surface area contributed by atoms with Gasteiger partial charge in [0.25, 0.3) is 0 Å². The van der Waals surface area contributed by atoms with Crippen molar-refractivity contribution in [3.63, 3.8) is 0 Å². The Morgan fingerprint density at radius 3 is 2.44 bits per heavy atom. The van der Waals surface area contributed by atoms with Gasteiger partial charge in [-0.2, -0.15) is 0 Å². The molecule has 0 unspecified atom stereocenters. The van der Waals surface area contributed by atoms with Gasteiger partial charge in [-0.1, -0.05) is 0 Å². The third-order valence-electron chi connectivity index (χ3n) is 0.552. The van der Waals surface area contributed by atoms with Gasteiger partial charge in [0.05, 0.1) is 0 Å². The van der Waals surface area contributed by atoms with E-state index in [2.05, 4.69) is 11.5 Å². The van der Waals surface area contributed by atoms with Gasteiger partial charge in [0, 0.05) is 38.8 Å². The Hall–Kier alpha value is 0.384. The van der Waals surface area contributed by atoms with Gasteiger partial charge in [0.2, 0.25) is 0 Å². The monoisotopic (exact) mass is 198 g/mol. The van der Waals surface area contributed by atoms with Crippen molar-refractivity contribution in [1.29, 1.82) is 0 Å². The summed E-state index contributed by atoms with van der Waals surface area (Å²) in [7, 11) is 0. The predicted molar refractivity (Wildman–Crippen MR) is 35.0 cm³/mol. The molecule has 49 valence electrons. The largest absolute Gasteiger partial charge is 0.493 e. The van der Waals surface area contributed by atoms with Gasteiger partial charge in [-0.25, -0.2) is 0 Å². The second-order valence-electron chi connectivity index (χ2n) is 1.80. The molecule has 0 bridgehead atoms. The zero-order valence-electron chi connectivity index (χ0n) is 5.89. The van der Waals surface area contributed by atoms with Crippen LogP contribution in [-0.4, -0.2) is 6.04 Å². The van der Waals surface area contributed by atoms with Gasteiger partial charge in [-0.05, 0) is 13.8 Å². The first-order valence-electron chi connectivity index (χ1n) is 2.65. The molecule has 0 aliphatic rings. The minimum atomic E-state index is 0. The van der Waals surface area contributed by atoms with Gasteiger partial charge >= 0.3 is 0 Å². The van der Waals surface area contributed by atoms with E-state index in [4.69, 9.17) is 6.58 Å². The molecule has 0 atom stereocenters. The Bertz CT molecular complexity index is 86.9. The molecular weight excluding hydrogens is 187 g/mol. The van der Waals surface area contributed by atoms with Gasteiger partial charge in [0.1, 0.15) is 0 Å². The minimum Gasteiger partial charge on any atom is -0.493 e. The molecule has 0 aromatic heterocycles. The van der Waals surface area contributed by atoms with Crippen molar-refractivity contribution in [2.45, 2.75) is 19.9 Å². The molecule has 1 nitrogen and oxygen atoms in total. The number of allylic oxidation sites excluding steroid dienone is 2. The fraction of sp³-hybridized carbons (Fsp3) is 0.429. The molecule has 2 heteroatoms. The first-order valence-corrected chi connectivity index (χ1v) is 2.65. The first-order chi connectivity index (χ1) is 3.77. The van der Waals surface area contributed by atoms with E-state index in [0.29, 0.717) is 6.04 Å². The smallest absolute Gasteiger partial charge is 0.00196 e. The summed E-state index contributed by atoms with van der Waals surface area (Å²) in [6, 6.07) is 0.436. The van der Waals surface area contributed by atoms with E-state index in [-0.39, 0.29) is 32.7 Å². The van der Waals surface area contributed by atoms with Crippen LogP contribution in [0.25, 0.3) is 0 Å². The second-order valence-corrected chi connectivity index (χ2v) is 1.80. The third kappa shape index (κ3) is 11.8. The van der Waals surface area contributed by atoms with Gasteiger partial charge in [-0.15, -0.1) is 0 Å². The van der Waals surface area contributed by atoms with E-state index in [9.17, 15) is 0 Å². The average molecular weight is 198 g/mol. The normalized spacial score (nSPS) is 9.22. The summed E-state index contributed by atoms with van der Waals surface area (Å²) >= 11 is 0. The topological polar surface area (TPSA) is 12.0 Å². The van der Waals surface area contributed by atoms with Crippen LogP contribution in [0.4, 0.5) is 0 Å². The number of nitrogens with one attached hydrogen (secondary N) is 1. The number of hydrogen-bond acceptors (Lipinski definition) is 1. The maximum Gasteiger partial charge on any atom is 0.00196 e. The fourth-order valence-electron chi connectivity index (χ4n) is 0.263. The van der Waals surface area contributed by atoms with Crippen molar-refractivity contribution in [1.82, 2.24) is 5.32 Å². The zero-order valence-corrected chi connectivity index (χ0v) is 8.73. The van der Waals surface area contributed by atoms with E-state index in [1.165, 1.54) is 6.08 Å². The Kier molecular flexibility index (Phi) is 11.3. The van der Waals surface area contributed by atoms with Crippen LogP contribution < -0.4 is 5.32 Å². The van der Waals surface area contributed by atoms with E-state index in [0.717, 1.165) is 0 Å². The SMILES string of the molecule is [CH-]=CC=[C-]NC(C)C.[Y]. The van der Waals surface area contributed by atoms with E-state index < -0.39 is 0 Å². The molecule has 0 aliphatic carbocycles. The molecule has 0 saturated carbocycles. The average Bonchev–Trinajstić information content (AvgIpc) is 1.66. The van der Waals surface area contributed by atoms with Crippen molar-refractivity contribution in [3.05, 3.63) is 24.9 Å². The molecule has 1 N–H and O–H groups in total. The van der Waals surface area contributed by atoms with Crippen LogP contribution in [0.3, 0.4) is 0 Å². The maximum absolute atomic E-state index is 5.03. The zero-order chi connectivity index (χ0) is 6.41. The third-order valence-corrected chi connectivity index (χ3v) is 0.552. The van der Waals surface area contributed by atoms with Crippen molar-refractivity contribution in [2.75, 3.05) is 0 Å². The molecule has 0 fully saturated rings. The molecular formula is C7H11NY-2. The van der Waals surface area contributed by atoms with E-state index >= 15 is 0 Å². The standard InChI is InChI=1S/C7H11N.Y/c1-4-5-6-8-7(2)3;/h1,4-5,7-8H,2-3H3;/q-2;. The fourth-order valence-corrected chi connectivity index (χ4v) is 0.263. The summed E-state index contributed by atoms with van der Waals surface area (Å²) in [5, 5.41) is 2.93. The van der Waals surface area contributed by atoms with Crippen LogP contribution in [0.2, 0.25) is 0 Å². The maximum atomic E-state index is 5.03. The number of hydrogen-bond donors (Lipinski definition) is 1. The molecule has 0 saturated heterocycles. The van der Waals surface area contributed by atoms with Crippen molar-refractivity contribution in [3.8, 4) is 0 Å². The summed E-state index contributed by atoms with van der Waals surface area (Å²) in [5.41, 5.74) is 0. The first kappa shape index (κ1) is 12.1. The van der Waals surface area contributed by atoms with Crippen LogP contribution in [0.5, 0.6) is 0 Å². The van der Waals surface area contributed by atoms with Crippen LogP contribution in [0.1, 0.15) is 13.8 Å². The summed E-state index contributed by atoms with van der Waals surface area (Å²) in [4.78, 5) is 0. The van der Waals surface area contributed by atoms with E-state index in [1.54, 1.807) is 6.08 Å². The summed E-state index contributed by atoms with van der Waals surface area (Å²) in [6.07, 6.45) is 5.86. The quantitative estimate of drug-likeness (QED) is 0.409. The van der Waals surface area contributed by atoms with Crippen LogP contribution >= 0.6 is 0 Å². The van der Waals surface area contributed by atoms with Crippen molar-refractivity contribution < 1.29 is 32.7 Å². The molecule has 0 heterocycles. The summed E-state index contributed by atoms with van der Waals surface area (Å²) in [6.45, 7) is 9.11. The Morgan fingerprint density at radius 1 is 1.56 bits per heavy atom. The molecule has 0 aromatic carbocycles. The van der Waals surface area contributed by atoms with Crippen LogP contribution in [0.15, 0.2) is 12.2 Å². The Balaban J connectivity index is 0. The van der Waals surface area contributed by atoms with Crippen molar-refractivity contribution >= 4 is 0 Å². The van der Waals surface area contributed by atoms with Gasteiger partial charge < -0.3 is 24.0 Å². The van der Waals surface area contributed by atoms with Gasteiger partial charge in [-0.3, -0.25) is 6.20 Å². The van der Waals surface area contributed by atoms with Crippen LogP contribution in [-0.2, 0) is 32.7 Å². The summed E-state index contributed by atoms with van der Waals surface area (Å²) < 4.78 is 0. The van der Waals surface area contributed by atoms with E-state index in [1.807, 2.05) is 13.8 Å². The second kappa shape index (κ2) is 8.38. The minimum absolute atomic E-state index is 0. The molecule has 1 radical (unpaired) electrons. The Morgan fingerprint density at radius 2 is 2.11 bits per heavy atom. The van der Waals surface area contributed by atoms with Crippen molar-refractivity contribution in [2.24, 2.45) is 0 Å². The number of rotatable bonds is 3. The predicted octanol–water partition coefficient (Wildman–Crippen LogP) is 1.29. The van der Waals surface area contributed by atoms with Gasteiger partial charge in [0.15, 0.2) is 0 Å². The van der Waals surface area contributed by atoms with Crippen LogP contribution in [0, 0.1) is 12.8 Å². The molecule has 0 amide bonds. The molecule has 0 rings (SSSR count). The Labute approximate surface area is 82.5 Å².